The highest BCUT2D eigenvalue weighted by atomic mass is 16.5. The molecule has 88 valence electrons. The van der Waals surface area contributed by atoms with Gasteiger partial charge in [0.25, 0.3) is 0 Å². The predicted molar refractivity (Wildman–Crippen MR) is 69.8 cm³/mol. The molecular formula is C14H26O. The highest BCUT2D eigenvalue weighted by Crippen LogP contribution is 2.19. The highest BCUT2D eigenvalue weighted by Gasteiger charge is 1.98. The molecule has 1 aromatic rings. The number of benzene rings is 1. The fourth-order valence-electron chi connectivity index (χ4n) is 1.14. The van der Waals surface area contributed by atoms with Gasteiger partial charge >= 0.3 is 0 Å². The maximum absolute atomic E-state index is 5.22. The maximum atomic E-state index is 5.22. The van der Waals surface area contributed by atoms with E-state index in [-0.39, 0.29) is 0 Å². The Bertz CT molecular complexity index is 241. The predicted octanol–water partition coefficient (Wildman–Crippen LogP) is 4.62. The van der Waals surface area contributed by atoms with Gasteiger partial charge in [0.05, 0.1) is 7.11 Å². The lowest BCUT2D eigenvalue weighted by atomic mass is 10.1. The molecule has 0 fully saturated rings. The van der Waals surface area contributed by atoms with Crippen molar-refractivity contribution in [1.29, 1.82) is 0 Å². The number of methoxy groups -OCH3 is 1. The van der Waals surface area contributed by atoms with Crippen LogP contribution in [-0.4, -0.2) is 7.11 Å². The summed E-state index contributed by atoms with van der Waals surface area (Å²) in [7, 11) is 1.72. The standard InChI is InChI=1S/C10H14O.2C2H6/c1-4-9-6-5-8(2)7-10(9)11-3;2*1-2/h5-7H,4H2,1-3H3;2*1-2H3. The van der Waals surface area contributed by atoms with Crippen molar-refractivity contribution in [1.82, 2.24) is 0 Å². The first kappa shape index (κ1) is 16.4. The van der Waals surface area contributed by atoms with Crippen LogP contribution in [0.4, 0.5) is 0 Å². The van der Waals surface area contributed by atoms with Gasteiger partial charge in [-0.3, -0.25) is 0 Å². The molecule has 0 heterocycles. The first-order chi connectivity index (χ1) is 7.27. The molecular weight excluding hydrogens is 184 g/mol. The Morgan fingerprint density at radius 3 is 2.00 bits per heavy atom. The average molecular weight is 210 g/mol. The monoisotopic (exact) mass is 210 g/mol. The van der Waals surface area contributed by atoms with E-state index in [2.05, 4.69) is 32.0 Å². The quantitative estimate of drug-likeness (QED) is 0.692. The second-order valence-electron chi connectivity index (χ2n) is 2.67. The maximum Gasteiger partial charge on any atom is 0.122 e. The van der Waals surface area contributed by atoms with Gasteiger partial charge in [-0.2, -0.15) is 0 Å². The summed E-state index contributed by atoms with van der Waals surface area (Å²) in [6, 6.07) is 6.30. The van der Waals surface area contributed by atoms with Crippen LogP contribution in [0.3, 0.4) is 0 Å². The van der Waals surface area contributed by atoms with E-state index in [0.29, 0.717) is 0 Å². The zero-order valence-corrected chi connectivity index (χ0v) is 11.3. The van der Waals surface area contributed by atoms with Gasteiger partial charge < -0.3 is 4.74 Å². The molecule has 0 saturated heterocycles. The summed E-state index contributed by atoms with van der Waals surface area (Å²) < 4.78 is 5.22. The van der Waals surface area contributed by atoms with Gasteiger partial charge in [-0.1, -0.05) is 46.8 Å². The Kier molecular flexibility index (Phi) is 12.2. The van der Waals surface area contributed by atoms with E-state index in [1.165, 1.54) is 11.1 Å². The van der Waals surface area contributed by atoms with Crippen LogP contribution in [0.25, 0.3) is 0 Å². The van der Waals surface area contributed by atoms with E-state index >= 15 is 0 Å². The van der Waals surface area contributed by atoms with Gasteiger partial charge in [-0.05, 0) is 30.5 Å². The molecule has 0 N–H and O–H groups in total. The Morgan fingerprint density at radius 2 is 1.60 bits per heavy atom. The molecule has 0 amide bonds. The number of ether oxygens (including phenoxy) is 1. The molecule has 0 saturated carbocycles. The number of rotatable bonds is 2. The average Bonchev–Trinajstić information content (AvgIpc) is 2.34. The molecule has 15 heavy (non-hydrogen) atoms. The van der Waals surface area contributed by atoms with Crippen LogP contribution < -0.4 is 4.74 Å². The Hall–Kier alpha value is -0.980. The van der Waals surface area contributed by atoms with Crippen molar-refractivity contribution in [3.63, 3.8) is 0 Å². The molecule has 0 atom stereocenters. The molecule has 0 aliphatic carbocycles. The van der Waals surface area contributed by atoms with Gasteiger partial charge in [-0.15, -0.1) is 0 Å². The third-order valence-electron chi connectivity index (χ3n) is 1.82. The molecule has 1 heteroatoms. The van der Waals surface area contributed by atoms with Crippen molar-refractivity contribution in [3.05, 3.63) is 29.3 Å². The van der Waals surface area contributed by atoms with Crippen LogP contribution in [0, 0.1) is 6.92 Å². The molecule has 0 radical (unpaired) electrons. The van der Waals surface area contributed by atoms with E-state index < -0.39 is 0 Å². The van der Waals surface area contributed by atoms with Crippen molar-refractivity contribution >= 4 is 0 Å². The Morgan fingerprint density at radius 1 is 1.07 bits per heavy atom. The molecule has 0 spiro atoms. The molecule has 0 aliphatic heterocycles. The third-order valence-corrected chi connectivity index (χ3v) is 1.82. The van der Waals surface area contributed by atoms with Crippen molar-refractivity contribution in [3.8, 4) is 5.75 Å². The van der Waals surface area contributed by atoms with Gasteiger partial charge in [0.1, 0.15) is 5.75 Å². The molecule has 1 rings (SSSR count). The largest absolute Gasteiger partial charge is 0.496 e. The summed E-state index contributed by atoms with van der Waals surface area (Å²) in [5.74, 6) is 1.01. The summed E-state index contributed by atoms with van der Waals surface area (Å²) in [5, 5.41) is 0. The molecule has 1 nitrogen and oxygen atoms in total. The van der Waals surface area contributed by atoms with Crippen LogP contribution >= 0.6 is 0 Å². The smallest absolute Gasteiger partial charge is 0.122 e. The molecule has 0 aliphatic rings. The zero-order valence-electron chi connectivity index (χ0n) is 11.3. The van der Waals surface area contributed by atoms with Gasteiger partial charge in [0, 0.05) is 0 Å². The first-order valence-corrected chi connectivity index (χ1v) is 5.91. The van der Waals surface area contributed by atoms with E-state index in [0.717, 1.165) is 12.2 Å². The normalized spacial score (nSPS) is 7.93. The van der Waals surface area contributed by atoms with E-state index in [9.17, 15) is 0 Å². The summed E-state index contributed by atoms with van der Waals surface area (Å²) >= 11 is 0. The first-order valence-electron chi connectivity index (χ1n) is 5.91. The number of aryl methyl sites for hydroxylation is 2. The van der Waals surface area contributed by atoms with Gasteiger partial charge in [0.15, 0.2) is 0 Å². The lowest BCUT2D eigenvalue weighted by Crippen LogP contribution is -1.90. The second-order valence-corrected chi connectivity index (χ2v) is 2.67. The molecule has 1 aromatic carbocycles. The number of hydrogen-bond donors (Lipinski definition) is 0. The van der Waals surface area contributed by atoms with Crippen LogP contribution in [0.5, 0.6) is 5.75 Å². The topological polar surface area (TPSA) is 9.23 Å². The molecule has 0 unspecified atom stereocenters. The minimum absolute atomic E-state index is 1.01. The lowest BCUT2D eigenvalue weighted by molar-refractivity contribution is 0.410. The fourth-order valence-corrected chi connectivity index (χ4v) is 1.14. The van der Waals surface area contributed by atoms with Gasteiger partial charge in [-0.25, -0.2) is 0 Å². The Labute approximate surface area is 95.5 Å². The summed E-state index contributed by atoms with van der Waals surface area (Å²) in [4.78, 5) is 0. The Balaban J connectivity index is 0. The summed E-state index contributed by atoms with van der Waals surface area (Å²) in [6.45, 7) is 12.2. The van der Waals surface area contributed by atoms with Crippen LogP contribution in [0.15, 0.2) is 18.2 Å². The van der Waals surface area contributed by atoms with Crippen molar-refractivity contribution in [2.24, 2.45) is 0 Å². The van der Waals surface area contributed by atoms with Crippen LogP contribution in [0.2, 0.25) is 0 Å². The lowest BCUT2D eigenvalue weighted by Gasteiger charge is -2.06. The summed E-state index contributed by atoms with van der Waals surface area (Å²) in [5.41, 5.74) is 2.53. The zero-order chi connectivity index (χ0) is 12.3. The highest BCUT2D eigenvalue weighted by molar-refractivity contribution is 5.36. The minimum Gasteiger partial charge on any atom is -0.496 e. The number of hydrogen-bond acceptors (Lipinski definition) is 1. The van der Waals surface area contributed by atoms with Crippen molar-refractivity contribution in [2.45, 2.75) is 48.0 Å². The third kappa shape index (κ3) is 6.16. The molecule has 0 bridgehead atoms. The summed E-state index contributed by atoms with van der Waals surface area (Å²) in [6.07, 6.45) is 1.03. The van der Waals surface area contributed by atoms with E-state index in [1.807, 2.05) is 27.7 Å². The van der Waals surface area contributed by atoms with E-state index in [1.54, 1.807) is 7.11 Å². The van der Waals surface area contributed by atoms with Crippen molar-refractivity contribution in [2.75, 3.05) is 7.11 Å². The minimum atomic E-state index is 1.01. The van der Waals surface area contributed by atoms with Gasteiger partial charge in [0.2, 0.25) is 0 Å². The van der Waals surface area contributed by atoms with Crippen molar-refractivity contribution < 1.29 is 4.74 Å². The van der Waals surface area contributed by atoms with Crippen LogP contribution in [-0.2, 0) is 6.42 Å². The molecule has 0 aromatic heterocycles. The second kappa shape index (κ2) is 11.1. The SMILES string of the molecule is CC.CC.CCc1ccc(C)cc1OC. The van der Waals surface area contributed by atoms with E-state index in [4.69, 9.17) is 4.74 Å². The fraction of sp³-hybridized carbons (Fsp3) is 0.571. The van der Waals surface area contributed by atoms with Crippen LogP contribution in [0.1, 0.15) is 45.7 Å².